The van der Waals surface area contributed by atoms with Crippen LogP contribution >= 0.6 is 0 Å². The predicted octanol–water partition coefficient (Wildman–Crippen LogP) is 2.81. The quantitative estimate of drug-likeness (QED) is 0.488. The number of primary amides is 1. The number of carbonyl (C=O) groups excluding carboxylic acids is 3. The van der Waals surface area contributed by atoms with Gasteiger partial charge in [0.05, 0.1) is 0 Å². The van der Waals surface area contributed by atoms with Crippen LogP contribution in [0.15, 0.2) is 48.8 Å². The van der Waals surface area contributed by atoms with Gasteiger partial charge in [-0.05, 0) is 43.5 Å². The molecule has 1 aromatic carbocycles. The first-order chi connectivity index (χ1) is 15.4. The van der Waals surface area contributed by atoms with E-state index in [1.807, 2.05) is 31.2 Å². The van der Waals surface area contributed by atoms with Crippen LogP contribution in [-0.2, 0) is 14.4 Å². The molecule has 168 valence electrons. The van der Waals surface area contributed by atoms with Crippen molar-refractivity contribution in [3.63, 3.8) is 0 Å². The van der Waals surface area contributed by atoms with E-state index in [1.54, 1.807) is 29.4 Å². The van der Waals surface area contributed by atoms with E-state index < -0.39 is 17.6 Å². The number of unbranched alkanes of at least 4 members (excludes halogenated alkanes) is 2. The van der Waals surface area contributed by atoms with Crippen LogP contribution in [0.1, 0.15) is 50.5 Å². The van der Waals surface area contributed by atoms with E-state index in [0.29, 0.717) is 38.0 Å². The Labute approximate surface area is 187 Å². The summed E-state index contributed by atoms with van der Waals surface area (Å²) >= 11 is 0. The van der Waals surface area contributed by atoms with Crippen molar-refractivity contribution in [3.8, 4) is 5.75 Å². The average molecular weight is 437 g/mol. The summed E-state index contributed by atoms with van der Waals surface area (Å²) in [5, 5.41) is 2.84. The van der Waals surface area contributed by atoms with Crippen LogP contribution < -0.4 is 15.8 Å². The molecule has 2 aromatic rings. The normalized spacial score (nSPS) is 23.8. The number of hydrogen-bond acceptors (Lipinski definition) is 5. The van der Waals surface area contributed by atoms with Gasteiger partial charge in [-0.1, -0.05) is 24.6 Å². The van der Waals surface area contributed by atoms with Crippen molar-refractivity contribution in [3.05, 3.63) is 54.4 Å². The Balaban J connectivity index is 1.36. The molecule has 0 spiro atoms. The number of pyridine rings is 1. The van der Waals surface area contributed by atoms with Gasteiger partial charge >= 0.3 is 0 Å². The van der Waals surface area contributed by atoms with Gasteiger partial charge in [0.2, 0.25) is 17.7 Å². The fourth-order valence-corrected chi connectivity index (χ4v) is 4.77. The number of nitrogens with one attached hydrogen (secondary N) is 1. The highest BCUT2D eigenvalue weighted by Gasteiger charge is 2.55. The molecule has 2 aliphatic rings. The summed E-state index contributed by atoms with van der Waals surface area (Å²) in [6.07, 6.45) is 6.33. The number of ether oxygens (including phenoxy) is 1. The topological polar surface area (TPSA) is 115 Å². The van der Waals surface area contributed by atoms with Crippen LogP contribution in [-0.4, -0.2) is 39.9 Å². The van der Waals surface area contributed by atoms with E-state index in [-0.39, 0.29) is 17.7 Å². The average Bonchev–Trinajstić information content (AvgIpc) is 2.75. The largest absolute Gasteiger partial charge is 0.468 e. The predicted molar refractivity (Wildman–Crippen MR) is 119 cm³/mol. The maximum absolute atomic E-state index is 13.2. The van der Waals surface area contributed by atoms with Crippen molar-refractivity contribution in [2.24, 2.45) is 11.7 Å². The van der Waals surface area contributed by atoms with Gasteiger partial charge in [-0.2, -0.15) is 0 Å². The van der Waals surface area contributed by atoms with E-state index in [2.05, 4.69) is 10.3 Å². The van der Waals surface area contributed by atoms with E-state index >= 15 is 0 Å². The molecule has 3 atom stereocenters. The highest BCUT2D eigenvalue weighted by atomic mass is 16.5. The molecule has 4 rings (SSSR count). The standard InChI is InChI=1S/C24H28N4O4/c1-24-15-18(17-7-4-5-8-19(17)32-24)21(22(25)30)23(31)28(24)14-6-2-3-9-20(29)27-16-10-12-26-13-11-16/h4-5,7-8,10-13,18,21H,2-3,6,9,14-15H2,1H3,(H2,25,30)(H,26,27,29)/t18-,21-,24-/m0/s1. The molecular formula is C24H28N4O4. The molecule has 8 heteroatoms. The second kappa shape index (κ2) is 8.98. The molecule has 2 aliphatic heterocycles. The minimum atomic E-state index is -0.890. The maximum Gasteiger partial charge on any atom is 0.238 e. The Bertz CT molecular complexity index is 1010. The van der Waals surface area contributed by atoms with Crippen molar-refractivity contribution in [2.75, 3.05) is 11.9 Å². The SMILES string of the molecule is C[C@@]12C[C@@H](c3ccccc3O1)[C@@H](C(N)=O)C(=O)N2CCCCCC(=O)Nc1ccncc1. The molecule has 0 unspecified atom stereocenters. The van der Waals surface area contributed by atoms with Gasteiger partial charge in [0.1, 0.15) is 11.7 Å². The number of anilines is 1. The molecule has 1 saturated heterocycles. The number of nitrogens with zero attached hydrogens (tertiary/aromatic N) is 2. The second-order valence-electron chi connectivity index (χ2n) is 8.59. The third-order valence-electron chi connectivity index (χ3n) is 6.31. The Morgan fingerprint density at radius 3 is 2.69 bits per heavy atom. The number of aromatic nitrogens is 1. The summed E-state index contributed by atoms with van der Waals surface area (Å²) in [4.78, 5) is 43.1. The number of piperidine rings is 1. The van der Waals surface area contributed by atoms with E-state index in [9.17, 15) is 14.4 Å². The smallest absolute Gasteiger partial charge is 0.238 e. The van der Waals surface area contributed by atoms with Crippen LogP contribution in [0.3, 0.4) is 0 Å². The summed E-state index contributed by atoms with van der Waals surface area (Å²) in [5.41, 5.74) is 6.42. The van der Waals surface area contributed by atoms with Crippen molar-refractivity contribution in [1.29, 1.82) is 0 Å². The number of amides is 3. The van der Waals surface area contributed by atoms with Gasteiger partial charge in [0.15, 0.2) is 5.72 Å². The fraction of sp³-hybridized carbons (Fsp3) is 0.417. The van der Waals surface area contributed by atoms with Gasteiger partial charge < -0.3 is 20.7 Å². The third-order valence-corrected chi connectivity index (χ3v) is 6.31. The molecule has 1 fully saturated rings. The molecule has 1 aromatic heterocycles. The van der Waals surface area contributed by atoms with Crippen LogP contribution in [0.2, 0.25) is 0 Å². The fourth-order valence-electron chi connectivity index (χ4n) is 4.77. The zero-order valence-corrected chi connectivity index (χ0v) is 18.1. The lowest BCUT2D eigenvalue weighted by Gasteiger charge is -2.52. The van der Waals surface area contributed by atoms with Gasteiger partial charge in [-0.3, -0.25) is 19.4 Å². The lowest BCUT2D eigenvalue weighted by molar-refractivity contribution is -0.175. The number of nitrogens with two attached hydrogens (primary N) is 1. The molecule has 32 heavy (non-hydrogen) atoms. The minimum Gasteiger partial charge on any atom is -0.468 e. The summed E-state index contributed by atoms with van der Waals surface area (Å²) in [6.45, 7) is 2.34. The lowest BCUT2D eigenvalue weighted by Crippen LogP contribution is -2.64. The number of para-hydroxylation sites is 1. The number of benzene rings is 1. The van der Waals surface area contributed by atoms with Gasteiger partial charge in [-0.15, -0.1) is 0 Å². The monoisotopic (exact) mass is 436 g/mol. The lowest BCUT2D eigenvalue weighted by atomic mass is 9.73. The highest BCUT2D eigenvalue weighted by Crippen LogP contribution is 2.50. The molecule has 0 radical (unpaired) electrons. The summed E-state index contributed by atoms with van der Waals surface area (Å²) in [6, 6.07) is 11.0. The molecule has 3 N–H and O–H groups in total. The first-order valence-electron chi connectivity index (χ1n) is 11.0. The van der Waals surface area contributed by atoms with Crippen molar-refractivity contribution < 1.29 is 19.1 Å². The second-order valence-corrected chi connectivity index (χ2v) is 8.59. The van der Waals surface area contributed by atoms with E-state index in [1.165, 1.54) is 0 Å². The first kappa shape index (κ1) is 21.8. The van der Waals surface area contributed by atoms with Crippen LogP contribution in [0.25, 0.3) is 0 Å². The van der Waals surface area contributed by atoms with E-state index in [4.69, 9.17) is 10.5 Å². The van der Waals surface area contributed by atoms with Crippen molar-refractivity contribution >= 4 is 23.4 Å². The molecule has 3 heterocycles. The number of likely N-dealkylation sites (tertiary alicyclic amines) is 1. The Morgan fingerprint density at radius 1 is 1.19 bits per heavy atom. The van der Waals surface area contributed by atoms with Crippen molar-refractivity contribution in [2.45, 2.75) is 50.7 Å². The van der Waals surface area contributed by atoms with Crippen molar-refractivity contribution in [1.82, 2.24) is 9.88 Å². The molecular weight excluding hydrogens is 408 g/mol. The molecule has 0 saturated carbocycles. The zero-order chi connectivity index (χ0) is 22.7. The summed E-state index contributed by atoms with van der Waals surface area (Å²) in [5.74, 6) is -1.40. The molecule has 3 amide bonds. The number of carbonyl (C=O) groups is 3. The van der Waals surface area contributed by atoms with Gasteiger partial charge in [0.25, 0.3) is 0 Å². The molecule has 0 aliphatic carbocycles. The van der Waals surface area contributed by atoms with Crippen LogP contribution in [0, 0.1) is 5.92 Å². The number of rotatable bonds is 8. The minimum absolute atomic E-state index is 0.0546. The first-order valence-corrected chi connectivity index (χ1v) is 11.0. The molecule has 2 bridgehead atoms. The van der Waals surface area contributed by atoms with Crippen LogP contribution in [0.4, 0.5) is 5.69 Å². The number of hydrogen-bond donors (Lipinski definition) is 2. The highest BCUT2D eigenvalue weighted by molar-refractivity contribution is 6.01. The Kier molecular flexibility index (Phi) is 6.12. The number of fused-ring (bicyclic) bond motifs is 4. The Hall–Kier alpha value is -3.42. The summed E-state index contributed by atoms with van der Waals surface area (Å²) in [7, 11) is 0. The van der Waals surface area contributed by atoms with Gasteiger partial charge in [0, 0.05) is 43.4 Å². The Morgan fingerprint density at radius 2 is 1.94 bits per heavy atom. The van der Waals surface area contributed by atoms with E-state index in [0.717, 1.165) is 17.7 Å². The maximum atomic E-state index is 13.2. The van der Waals surface area contributed by atoms with Gasteiger partial charge in [-0.25, -0.2) is 0 Å². The molecule has 8 nitrogen and oxygen atoms in total. The third kappa shape index (κ3) is 4.30. The summed E-state index contributed by atoms with van der Waals surface area (Å²) < 4.78 is 6.25. The van der Waals surface area contributed by atoms with Crippen LogP contribution in [0.5, 0.6) is 5.75 Å². The zero-order valence-electron chi connectivity index (χ0n) is 18.1.